The van der Waals surface area contributed by atoms with E-state index in [2.05, 4.69) is 5.92 Å². The Labute approximate surface area is 117 Å². The predicted molar refractivity (Wildman–Crippen MR) is 72.3 cm³/mol. The molecule has 0 amide bonds. The molecule has 1 aromatic carbocycles. The van der Waals surface area contributed by atoms with Crippen LogP contribution in [0.1, 0.15) is 19.8 Å². The standard InChI is InChI=1S/C15H16O5/c1-4-11(2)19-14(16)9-10-15(17)20-13-8-6-5-7-12(13)18-3/h1,5-8,11H,9-10H2,2-3H3. The van der Waals surface area contributed by atoms with Gasteiger partial charge in [0.15, 0.2) is 17.6 Å². The van der Waals surface area contributed by atoms with Crippen molar-refractivity contribution >= 4 is 11.9 Å². The van der Waals surface area contributed by atoms with Crippen LogP contribution in [0, 0.1) is 12.3 Å². The van der Waals surface area contributed by atoms with E-state index in [1.165, 1.54) is 7.11 Å². The smallest absolute Gasteiger partial charge is 0.311 e. The molecule has 0 spiro atoms. The van der Waals surface area contributed by atoms with Gasteiger partial charge < -0.3 is 14.2 Å². The van der Waals surface area contributed by atoms with E-state index in [-0.39, 0.29) is 12.8 Å². The van der Waals surface area contributed by atoms with Crippen LogP contribution in [0.5, 0.6) is 11.5 Å². The number of esters is 2. The van der Waals surface area contributed by atoms with Crippen molar-refractivity contribution < 1.29 is 23.8 Å². The average molecular weight is 276 g/mol. The second kappa shape index (κ2) is 7.85. The van der Waals surface area contributed by atoms with E-state index in [1.807, 2.05) is 0 Å². The SMILES string of the molecule is C#CC(C)OC(=O)CCC(=O)Oc1ccccc1OC. The van der Waals surface area contributed by atoms with Crippen molar-refractivity contribution in [1.29, 1.82) is 0 Å². The molecule has 0 fully saturated rings. The first-order chi connectivity index (χ1) is 9.56. The summed E-state index contributed by atoms with van der Waals surface area (Å²) in [6.45, 7) is 1.57. The molecule has 1 aromatic rings. The van der Waals surface area contributed by atoms with Gasteiger partial charge in [-0.3, -0.25) is 9.59 Å². The zero-order valence-electron chi connectivity index (χ0n) is 11.4. The molecule has 0 N–H and O–H groups in total. The number of terminal acetylenes is 1. The van der Waals surface area contributed by atoms with Crippen LogP contribution in [0.2, 0.25) is 0 Å². The first-order valence-electron chi connectivity index (χ1n) is 6.06. The molecule has 0 aliphatic heterocycles. The minimum absolute atomic E-state index is 0.0833. The fourth-order valence-corrected chi connectivity index (χ4v) is 1.37. The van der Waals surface area contributed by atoms with Crippen molar-refractivity contribution in [2.75, 3.05) is 7.11 Å². The minimum atomic E-state index is -0.604. The van der Waals surface area contributed by atoms with E-state index in [0.717, 1.165) is 0 Å². The van der Waals surface area contributed by atoms with Crippen molar-refractivity contribution in [3.8, 4) is 23.8 Å². The largest absolute Gasteiger partial charge is 0.493 e. The average Bonchev–Trinajstić information content (AvgIpc) is 2.45. The van der Waals surface area contributed by atoms with Crippen LogP contribution in [0.25, 0.3) is 0 Å². The zero-order chi connectivity index (χ0) is 15.0. The minimum Gasteiger partial charge on any atom is -0.493 e. The van der Waals surface area contributed by atoms with Gasteiger partial charge in [0.2, 0.25) is 0 Å². The van der Waals surface area contributed by atoms with Gasteiger partial charge in [0.1, 0.15) is 0 Å². The molecule has 5 heteroatoms. The number of carbonyl (C=O) groups is 2. The van der Waals surface area contributed by atoms with Gasteiger partial charge in [-0.1, -0.05) is 18.1 Å². The number of benzene rings is 1. The van der Waals surface area contributed by atoms with Gasteiger partial charge in [-0.2, -0.15) is 0 Å². The van der Waals surface area contributed by atoms with Crippen LogP contribution in [-0.4, -0.2) is 25.2 Å². The first kappa shape index (κ1) is 15.6. The Morgan fingerprint density at radius 3 is 2.40 bits per heavy atom. The highest BCUT2D eigenvalue weighted by molar-refractivity contribution is 5.79. The molecule has 0 aromatic heterocycles. The van der Waals surface area contributed by atoms with E-state index in [9.17, 15) is 9.59 Å². The lowest BCUT2D eigenvalue weighted by Crippen LogP contribution is -2.16. The van der Waals surface area contributed by atoms with Crippen molar-refractivity contribution in [3.63, 3.8) is 0 Å². The molecule has 106 valence electrons. The van der Waals surface area contributed by atoms with Gasteiger partial charge in [0, 0.05) is 0 Å². The maximum Gasteiger partial charge on any atom is 0.311 e. The molecule has 20 heavy (non-hydrogen) atoms. The second-order valence-electron chi connectivity index (χ2n) is 3.92. The summed E-state index contributed by atoms with van der Waals surface area (Å²) < 4.78 is 15.0. The summed E-state index contributed by atoms with van der Waals surface area (Å²) in [6.07, 6.45) is 4.30. The maximum absolute atomic E-state index is 11.6. The monoisotopic (exact) mass is 276 g/mol. The summed E-state index contributed by atoms with van der Waals surface area (Å²) in [4.78, 5) is 23.0. The summed E-state index contributed by atoms with van der Waals surface area (Å²) in [7, 11) is 1.48. The van der Waals surface area contributed by atoms with Crippen LogP contribution in [0.3, 0.4) is 0 Å². The van der Waals surface area contributed by atoms with Crippen LogP contribution < -0.4 is 9.47 Å². The Morgan fingerprint density at radius 2 is 1.80 bits per heavy atom. The van der Waals surface area contributed by atoms with Gasteiger partial charge in [0.25, 0.3) is 0 Å². The fraction of sp³-hybridized carbons (Fsp3) is 0.333. The Morgan fingerprint density at radius 1 is 1.20 bits per heavy atom. The molecule has 1 atom stereocenters. The van der Waals surface area contributed by atoms with E-state index < -0.39 is 18.0 Å². The molecule has 0 saturated carbocycles. The van der Waals surface area contributed by atoms with E-state index >= 15 is 0 Å². The fourth-order valence-electron chi connectivity index (χ4n) is 1.37. The third-order valence-corrected chi connectivity index (χ3v) is 2.37. The molecule has 0 bridgehead atoms. The lowest BCUT2D eigenvalue weighted by atomic mass is 10.3. The quantitative estimate of drug-likeness (QED) is 0.451. The molecule has 1 unspecified atom stereocenters. The summed E-state index contributed by atoms with van der Waals surface area (Å²) in [5.41, 5.74) is 0. The number of ether oxygens (including phenoxy) is 3. The number of carbonyl (C=O) groups excluding carboxylic acids is 2. The van der Waals surface area contributed by atoms with Gasteiger partial charge in [-0.15, -0.1) is 6.42 Å². The molecular formula is C15H16O5. The molecule has 0 aliphatic rings. The molecule has 0 saturated heterocycles. The third kappa shape index (κ3) is 5.02. The molecule has 0 radical (unpaired) electrons. The molecule has 1 rings (SSSR count). The number of para-hydroxylation sites is 2. The first-order valence-corrected chi connectivity index (χ1v) is 6.06. The number of methoxy groups -OCH3 is 1. The second-order valence-corrected chi connectivity index (χ2v) is 3.92. The topological polar surface area (TPSA) is 61.8 Å². The van der Waals surface area contributed by atoms with E-state index in [1.54, 1.807) is 31.2 Å². The Balaban J connectivity index is 2.45. The molecule has 0 aliphatic carbocycles. The summed E-state index contributed by atoms with van der Waals surface area (Å²) in [5, 5.41) is 0. The Kier molecular flexibility index (Phi) is 6.11. The van der Waals surface area contributed by atoms with E-state index in [4.69, 9.17) is 20.6 Å². The highest BCUT2D eigenvalue weighted by Gasteiger charge is 2.13. The molecule has 5 nitrogen and oxygen atoms in total. The number of rotatable bonds is 6. The highest BCUT2D eigenvalue weighted by atomic mass is 16.6. The van der Waals surface area contributed by atoms with Crippen LogP contribution in [0.15, 0.2) is 24.3 Å². The summed E-state index contributed by atoms with van der Waals surface area (Å²) >= 11 is 0. The predicted octanol–water partition coefficient (Wildman–Crippen LogP) is 1.95. The van der Waals surface area contributed by atoms with Crippen LogP contribution in [-0.2, 0) is 14.3 Å². The Bertz CT molecular complexity index is 515. The van der Waals surface area contributed by atoms with Gasteiger partial charge in [-0.05, 0) is 19.1 Å². The lowest BCUT2D eigenvalue weighted by molar-refractivity contribution is -0.148. The van der Waals surface area contributed by atoms with Gasteiger partial charge in [-0.25, -0.2) is 0 Å². The van der Waals surface area contributed by atoms with Crippen molar-refractivity contribution in [2.45, 2.75) is 25.9 Å². The van der Waals surface area contributed by atoms with Crippen molar-refractivity contribution in [1.82, 2.24) is 0 Å². The lowest BCUT2D eigenvalue weighted by Gasteiger charge is -2.09. The summed E-state index contributed by atoms with van der Waals surface area (Å²) in [5.74, 6) is 1.94. The highest BCUT2D eigenvalue weighted by Crippen LogP contribution is 2.26. The molecule has 0 heterocycles. The van der Waals surface area contributed by atoms with E-state index in [0.29, 0.717) is 11.5 Å². The van der Waals surface area contributed by atoms with Crippen molar-refractivity contribution in [2.24, 2.45) is 0 Å². The maximum atomic E-state index is 11.6. The number of hydrogen-bond acceptors (Lipinski definition) is 5. The van der Waals surface area contributed by atoms with Gasteiger partial charge in [0.05, 0.1) is 20.0 Å². The normalized spacial score (nSPS) is 11.1. The number of hydrogen-bond donors (Lipinski definition) is 0. The third-order valence-electron chi connectivity index (χ3n) is 2.37. The Hall–Kier alpha value is -2.48. The van der Waals surface area contributed by atoms with Gasteiger partial charge >= 0.3 is 11.9 Å². The van der Waals surface area contributed by atoms with Crippen LogP contribution in [0.4, 0.5) is 0 Å². The van der Waals surface area contributed by atoms with Crippen LogP contribution >= 0.6 is 0 Å². The summed E-state index contributed by atoms with van der Waals surface area (Å²) in [6, 6.07) is 6.75. The zero-order valence-corrected chi connectivity index (χ0v) is 11.4. The molecular weight excluding hydrogens is 260 g/mol. The van der Waals surface area contributed by atoms with Crippen molar-refractivity contribution in [3.05, 3.63) is 24.3 Å².